The molecule has 0 fully saturated rings. The van der Waals surface area contributed by atoms with E-state index < -0.39 is 0 Å². The van der Waals surface area contributed by atoms with Gasteiger partial charge in [-0.1, -0.05) is 46.9 Å². The molecule has 0 radical (unpaired) electrons. The minimum Gasteiger partial charge on any atom is -0.330 e. The number of anilines is 1. The van der Waals surface area contributed by atoms with Gasteiger partial charge in [-0.3, -0.25) is 0 Å². The molecule has 86 valence electrons. The van der Waals surface area contributed by atoms with Crippen LogP contribution in [0, 0.1) is 0 Å². The largest absolute Gasteiger partial charge is 0.330 e. The molecular weight excluding hydrogens is 302 g/mol. The van der Waals surface area contributed by atoms with Gasteiger partial charge in [-0.2, -0.15) is 0 Å². The van der Waals surface area contributed by atoms with E-state index in [1.807, 2.05) is 18.2 Å². The van der Waals surface area contributed by atoms with Crippen molar-refractivity contribution in [1.82, 2.24) is 0 Å². The number of rotatable bonds is 0. The van der Waals surface area contributed by atoms with Crippen LogP contribution in [0.25, 0.3) is 10.8 Å². The van der Waals surface area contributed by atoms with Gasteiger partial charge in [0.1, 0.15) is 0 Å². The Morgan fingerprint density at radius 1 is 0.941 bits per heavy atom. The summed E-state index contributed by atoms with van der Waals surface area (Å²) in [5.74, 6) is 0. The van der Waals surface area contributed by atoms with E-state index in [-0.39, 0.29) is 5.29 Å². The van der Waals surface area contributed by atoms with Crippen LogP contribution < -0.4 is 5.32 Å². The van der Waals surface area contributed by atoms with E-state index in [2.05, 4.69) is 10.3 Å². The second-order valence-electron chi connectivity index (χ2n) is 3.55. The highest BCUT2D eigenvalue weighted by Crippen LogP contribution is 2.48. The van der Waals surface area contributed by atoms with Crippen molar-refractivity contribution in [2.75, 3.05) is 5.32 Å². The third kappa shape index (κ3) is 1.59. The normalized spacial score (nSPS) is 13.5. The van der Waals surface area contributed by atoms with Crippen LogP contribution in [0.1, 0.15) is 0 Å². The molecule has 17 heavy (non-hydrogen) atoms. The van der Waals surface area contributed by atoms with Gasteiger partial charge in [0.25, 0.3) is 0 Å². The molecule has 0 amide bonds. The molecule has 2 aromatic rings. The lowest BCUT2D eigenvalue weighted by molar-refractivity contribution is 1.51. The van der Waals surface area contributed by atoms with Crippen molar-refractivity contribution in [3.63, 3.8) is 0 Å². The molecule has 0 atom stereocenters. The van der Waals surface area contributed by atoms with Gasteiger partial charge in [0.05, 0.1) is 26.4 Å². The fraction of sp³-hybridized carbons (Fsp3) is 0. The van der Waals surface area contributed by atoms with Crippen molar-refractivity contribution in [3.8, 4) is 0 Å². The van der Waals surface area contributed by atoms with Crippen molar-refractivity contribution < 1.29 is 0 Å². The van der Waals surface area contributed by atoms with Gasteiger partial charge in [-0.25, -0.2) is 4.99 Å². The fourth-order valence-electron chi connectivity index (χ4n) is 1.87. The Bertz CT molecular complexity index is 679. The highest BCUT2D eigenvalue weighted by Gasteiger charge is 2.21. The second-order valence-corrected chi connectivity index (χ2v) is 5.04. The first-order valence-electron chi connectivity index (χ1n) is 4.70. The Balaban J connectivity index is 2.59. The van der Waals surface area contributed by atoms with Crippen molar-refractivity contribution in [2.45, 2.75) is 0 Å². The van der Waals surface area contributed by atoms with E-state index in [0.29, 0.717) is 20.8 Å². The molecule has 0 aliphatic carbocycles. The maximum Gasteiger partial charge on any atom is 0.201 e. The van der Waals surface area contributed by atoms with Gasteiger partial charge in [0.15, 0.2) is 0 Å². The maximum absolute atomic E-state index is 6.17. The van der Waals surface area contributed by atoms with E-state index in [9.17, 15) is 0 Å². The summed E-state index contributed by atoms with van der Waals surface area (Å²) in [5, 5.41) is 5.87. The lowest BCUT2D eigenvalue weighted by Gasteiger charge is -2.18. The van der Waals surface area contributed by atoms with Gasteiger partial charge in [-0.05, 0) is 17.7 Å². The summed E-state index contributed by atoms with van der Waals surface area (Å²) in [6.45, 7) is 0. The number of aliphatic imine (C=N–C) groups is 1. The molecule has 1 N–H and O–H groups in total. The standard InChI is InChI=1S/C11H4Cl4N2/c12-7-4-2-1-3-5-6(4)10(9(14)8(7)13)17-11(15)16-5/h1-3H,(H,16,17). The van der Waals surface area contributed by atoms with Gasteiger partial charge in [0.2, 0.25) is 5.29 Å². The predicted octanol–water partition coefficient (Wildman–Crippen LogP) is 5.45. The third-order valence-corrected chi connectivity index (χ3v) is 4.09. The van der Waals surface area contributed by atoms with Gasteiger partial charge >= 0.3 is 0 Å². The van der Waals surface area contributed by atoms with E-state index >= 15 is 0 Å². The maximum atomic E-state index is 6.17. The molecule has 0 saturated heterocycles. The first kappa shape index (κ1) is 11.4. The monoisotopic (exact) mass is 304 g/mol. The summed E-state index contributed by atoms with van der Waals surface area (Å²) in [4.78, 5) is 4.16. The highest BCUT2D eigenvalue weighted by atomic mass is 35.5. The van der Waals surface area contributed by atoms with Crippen molar-refractivity contribution in [2.24, 2.45) is 4.99 Å². The average molecular weight is 306 g/mol. The lowest BCUT2D eigenvalue weighted by atomic mass is 10.1. The summed E-state index contributed by atoms with van der Waals surface area (Å²) < 4.78 is 0. The minimum atomic E-state index is 0.255. The lowest BCUT2D eigenvalue weighted by Crippen LogP contribution is -2.08. The van der Waals surface area contributed by atoms with E-state index in [4.69, 9.17) is 46.4 Å². The zero-order valence-corrected chi connectivity index (χ0v) is 11.2. The van der Waals surface area contributed by atoms with Crippen LogP contribution >= 0.6 is 46.4 Å². The fourth-order valence-corrected chi connectivity index (χ4v) is 2.77. The molecule has 1 aliphatic rings. The molecule has 3 rings (SSSR count). The summed E-state index contributed by atoms with van der Waals surface area (Å²) in [7, 11) is 0. The molecule has 6 heteroatoms. The summed E-state index contributed by atoms with van der Waals surface area (Å²) in [6.07, 6.45) is 0. The first-order valence-corrected chi connectivity index (χ1v) is 6.21. The van der Waals surface area contributed by atoms with Crippen LogP contribution in [0.3, 0.4) is 0 Å². The van der Waals surface area contributed by atoms with Crippen LogP contribution in [-0.4, -0.2) is 5.29 Å². The smallest absolute Gasteiger partial charge is 0.201 e. The van der Waals surface area contributed by atoms with Crippen LogP contribution in [0.5, 0.6) is 0 Å². The van der Waals surface area contributed by atoms with Crippen molar-refractivity contribution >= 4 is 73.8 Å². The number of hydrogen-bond acceptors (Lipinski definition) is 2. The number of halogens is 4. The van der Waals surface area contributed by atoms with E-state index in [1.54, 1.807) is 0 Å². The number of nitrogens with zero attached hydrogens (tertiary/aromatic N) is 1. The molecule has 1 heterocycles. The highest BCUT2D eigenvalue weighted by molar-refractivity contribution is 6.68. The number of benzene rings is 2. The Morgan fingerprint density at radius 3 is 2.47 bits per heavy atom. The molecule has 2 nitrogen and oxygen atoms in total. The molecule has 0 unspecified atom stereocenters. The third-order valence-electron chi connectivity index (χ3n) is 2.58. The summed E-state index contributed by atoms with van der Waals surface area (Å²) in [6, 6.07) is 5.60. The minimum absolute atomic E-state index is 0.255. The zero-order chi connectivity index (χ0) is 12.2. The van der Waals surface area contributed by atoms with Crippen molar-refractivity contribution in [3.05, 3.63) is 33.3 Å². The predicted molar refractivity (Wildman–Crippen MR) is 75.5 cm³/mol. The van der Waals surface area contributed by atoms with Gasteiger partial charge in [-0.15, -0.1) is 0 Å². The van der Waals surface area contributed by atoms with E-state index in [0.717, 1.165) is 16.5 Å². The topological polar surface area (TPSA) is 24.4 Å². The van der Waals surface area contributed by atoms with Gasteiger partial charge < -0.3 is 5.32 Å². The SMILES string of the molecule is ClC1=Nc2c(Cl)c(Cl)c(Cl)c3cccc(c23)N1. The van der Waals surface area contributed by atoms with Crippen LogP contribution in [0.2, 0.25) is 15.1 Å². The van der Waals surface area contributed by atoms with Crippen LogP contribution in [0.4, 0.5) is 11.4 Å². The summed E-state index contributed by atoms with van der Waals surface area (Å²) in [5.41, 5.74) is 1.37. The Labute approximate surface area is 117 Å². The molecular formula is C11H4Cl4N2. The Hall–Kier alpha value is -0.670. The van der Waals surface area contributed by atoms with Crippen LogP contribution in [-0.2, 0) is 0 Å². The van der Waals surface area contributed by atoms with Crippen LogP contribution in [0.15, 0.2) is 23.2 Å². The molecule has 0 spiro atoms. The van der Waals surface area contributed by atoms with E-state index in [1.165, 1.54) is 0 Å². The molecule has 2 aromatic carbocycles. The Morgan fingerprint density at radius 2 is 1.71 bits per heavy atom. The number of amidine groups is 1. The quantitative estimate of drug-likeness (QED) is 0.508. The second kappa shape index (κ2) is 3.92. The molecule has 1 aliphatic heterocycles. The number of nitrogens with one attached hydrogen (secondary N) is 1. The zero-order valence-electron chi connectivity index (χ0n) is 8.19. The summed E-state index contributed by atoms with van der Waals surface area (Å²) >= 11 is 24.3. The van der Waals surface area contributed by atoms with Gasteiger partial charge in [0, 0.05) is 10.8 Å². The molecule has 0 aromatic heterocycles. The van der Waals surface area contributed by atoms with Crippen molar-refractivity contribution in [1.29, 1.82) is 0 Å². The molecule has 0 bridgehead atoms. The average Bonchev–Trinajstić information content (AvgIpc) is 2.32. The number of hydrogen-bond donors (Lipinski definition) is 1. The first-order chi connectivity index (χ1) is 8.09. The Kier molecular flexibility index (Phi) is 2.64. The molecule has 0 saturated carbocycles.